The highest BCUT2D eigenvalue weighted by atomic mass is 32.1. The molecule has 0 unspecified atom stereocenters. The molecular weight excluding hydrogens is 706 g/mol. The van der Waals surface area contributed by atoms with Gasteiger partial charge in [0.05, 0.1) is 25.3 Å². The van der Waals surface area contributed by atoms with Crippen LogP contribution >= 0.6 is 11.3 Å². The topological polar surface area (TPSA) is 182 Å². The van der Waals surface area contributed by atoms with Crippen LogP contribution in [-0.2, 0) is 32.1 Å². The molecule has 3 N–H and O–H groups in total. The number of aliphatic hydroxyl groups excluding tert-OH is 1. The summed E-state index contributed by atoms with van der Waals surface area (Å²) in [4.78, 5) is 58.9. The van der Waals surface area contributed by atoms with Gasteiger partial charge in [0.2, 0.25) is 11.8 Å². The average Bonchev–Trinajstić information content (AvgIpc) is 3.94. The molecule has 16 heteroatoms. The third-order valence-electron chi connectivity index (χ3n) is 8.95. The second kappa shape index (κ2) is 18.7. The number of aromatic nitrogens is 4. The number of nitrogens with one attached hydrogen (secondary N) is 2. The van der Waals surface area contributed by atoms with Crippen LogP contribution in [0.4, 0.5) is 4.39 Å². The molecule has 0 radical (unpaired) electrons. The number of esters is 1. The van der Waals surface area contributed by atoms with Crippen molar-refractivity contribution in [1.82, 2.24) is 35.5 Å². The fourth-order valence-corrected chi connectivity index (χ4v) is 6.96. The van der Waals surface area contributed by atoms with Gasteiger partial charge in [-0.25, -0.2) is 14.2 Å². The number of cyclic esters (lactones) is 1. The molecule has 284 valence electrons. The molecule has 14 nitrogen and oxygen atoms in total. The summed E-state index contributed by atoms with van der Waals surface area (Å²) in [5, 5.41) is 28.3. The average molecular weight is 752 g/mol. The van der Waals surface area contributed by atoms with Crippen molar-refractivity contribution in [1.29, 1.82) is 0 Å². The number of hydrogen-bond donors (Lipinski definition) is 3. The SMILES string of the molecule is CC1=C[C@@H](O)C[C@@H](F)Cc2nc(co2)C(=O)N2CCC[C@@H]2C(=O)O[C@H](C(C)C)[C@H](CC(=O)NCCn2cc(-c3ccsc3)nn2)/C=C/C(=O)NCC=C1. The van der Waals surface area contributed by atoms with E-state index in [0.29, 0.717) is 25.0 Å². The van der Waals surface area contributed by atoms with Crippen molar-refractivity contribution in [3.05, 3.63) is 76.8 Å². The van der Waals surface area contributed by atoms with E-state index >= 15 is 0 Å². The first-order valence-corrected chi connectivity index (χ1v) is 18.7. The lowest BCUT2D eigenvalue weighted by atomic mass is 9.89. The van der Waals surface area contributed by atoms with E-state index < -0.39 is 48.1 Å². The molecule has 5 atom stereocenters. The highest BCUT2D eigenvalue weighted by Gasteiger charge is 2.39. The third-order valence-corrected chi connectivity index (χ3v) is 9.63. The lowest BCUT2D eigenvalue weighted by Gasteiger charge is -2.30. The summed E-state index contributed by atoms with van der Waals surface area (Å²) < 4.78 is 27.9. The fraction of sp³-hybridized carbons (Fsp3) is 0.486. The van der Waals surface area contributed by atoms with Crippen LogP contribution in [0, 0.1) is 11.8 Å². The van der Waals surface area contributed by atoms with Crippen LogP contribution in [0.2, 0.25) is 0 Å². The van der Waals surface area contributed by atoms with Crippen LogP contribution in [0.5, 0.6) is 0 Å². The Bertz CT molecular complexity index is 1800. The molecule has 3 amide bonds. The minimum Gasteiger partial charge on any atom is -0.460 e. The summed E-state index contributed by atoms with van der Waals surface area (Å²) >= 11 is 1.56. The number of carbonyl (C=O) groups is 4. The van der Waals surface area contributed by atoms with Gasteiger partial charge in [0.25, 0.3) is 5.91 Å². The molecule has 53 heavy (non-hydrogen) atoms. The number of ether oxygens (including phenoxy) is 1. The number of fused-ring (bicyclic) bond motifs is 3. The second-order valence-electron chi connectivity index (χ2n) is 13.5. The van der Waals surface area contributed by atoms with E-state index in [9.17, 15) is 28.7 Å². The van der Waals surface area contributed by atoms with Crippen LogP contribution in [-0.4, -0.2) is 97.7 Å². The Morgan fingerprint density at radius 1 is 1.23 bits per heavy atom. The lowest BCUT2D eigenvalue weighted by Crippen LogP contribution is -2.44. The minimum absolute atomic E-state index is 0.00161. The van der Waals surface area contributed by atoms with Gasteiger partial charge < -0.3 is 29.8 Å². The molecule has 1 fully saturated rings. The summed E-state index contributed by atoms with van der Waals surface area (Å²) in [6, 6.07) is 1.03. The molecule has 0 spiro atoms. The van der Waals surface area contributed by atoms with Crippen LogP contribution in [0.1, 0.15) is 62.8 Å². The lowest BCUT2D eigenvalue weighted by molar-refractivity contribution is -0.159. The smallest absolute Gasteiger partial charge is 0.329 e. The highest BCUT2D eigenvalue weighted by Crippen LogP contribution is 2.27. The second-order valence-corrected chi connectivity index (χ2v) is 14.3. The number of halogens is 1. The van der Waals surface area contributed by atoms with Crippen LogP contribution in [0.3, 0.4) is 0 Å². The number of oxazole rings is 1. The number of carbonyl (C=O) groups excluding carboxylic acids is 4. The maximum Gasteiger partial charge on any atom is 0.329 e. The molecule has 2 aliphatic heterocycles. The molecule has 0 aliphatic carbocycles. The van der Waals surface area contributed by atoms with Crippen molar-refractivity contribution < 1.29 is 37.8 Å². The number of aliphatic hydroxyl groups is 1. The van der Waals surface area contributed by atoms with Gasteiger partial charge in [0, 0.05) is 49.3 Å². The van der Waals surface area contributed by atoms with Gasteiger partial charge in [0.15, 0.2) is 11.6 Å². The number of thiophene rings is 1. The quantitative estimate of drug-likeness (QED) is 0.301. The van der Waals surface area contributed by atoms with Crippen LogP contribution in [0.25, 0.3) is 11.3 Å². The zero-order chi connectivity index (χ0) is 37.9. The van der Waals surface area contributed by atoms with Gasteiger partial charge >= 0.3 is 5.97 Å². The van der Waals surface area contributed by atoms with Crippen molar-refractivity contribution >= 4 is 35.0 Å². The first kappa shape index (κ1) is 39.3. The van der Waals surface area contributed by atoms with Crippen LogP contribution in [0.15, 0.2) is 69.7 Å². The number of nitrogens with zero attached hydrogens (tertiary/aromatic N) is 5. The summed E-state index contributed by atoms with van der Waals surface area (Å²) in [7, 11) is 0. The molecular formula is C37H46FN7O7S. The number of rotatable bonds is 7. The molecule has 0 saturated carbocycles. The Labute approximate surface area is 311 Å². The fourth-order valence-electron chi connectivity index (χ4n) is 6.31. The molecule has 2 bridgehead atoms. The van der Waals surface area contributed by atoms with E-state index in [0.717, 1.165) is 17.5 Å². The predicted octanol–water partition coefficient (Wildman–Crippen LogP) is 3.81. The van der Waals surface area contributed by atoms with Gasteiger partial charge in [-0.3, -0.25) is 19.1 Å². The number of allylic oxidation sites excluding steroid dienone is 2. The normalized spacial score (nSPS) is 24.3. The van der Waals surface area contributed by atoms with Crippen molar-refractivity contribution in [2.75, 3.05) is 19.6 Å². The van der Waals surface area contributed by atoms with Crippen molar-refractivity contribution in [2.24, 2.45) is 11.8 Å². The Morgan fingerprint density at radius 3 is 2.83 bits per heavy atom. The summed E-state index contributed by atoms with van der Waals surface area (Å²) in [6.45, 7) is 6.52. The minimum atomic E-state index is -1.50. The molecule has 5 heterocycles. The molecule has 1 saturated heterocycles. The van der Waals surface area contributed by atoms with E-state index in [2.05, 4.69) is 25.9 Å². The van der Waals surface area contributed by atoms with E-state index in [1.807, 2.05) is 30.7 Å². The molecule has 3 aromatic heterocycles. The Balaban J connectivity index is 1.33. The van der Waals surface area contributed by atoms with Gasteiger partial charge in [-0.05, 0) is 43.2 Å². The van der Waals surface area contributed by atoms with E-state index in [4.69, 9.17) is 9.15 Å². The maximum absolute atomic E-state index is 14.8. The van der Waals surface area contributed by atoms with Gasteiger partial charge in [0.1, 0.15) is 30.3 Å². The van der Waals surface area contributed by atoms with Crippen LogP contribution < -0.4 is 10.6 Å². The standard InChI is InChI=1S/C37H46FN7O7S/c1-23(2)35-25(17-33(48)40-12-14-44-20-29(42-43-44)26-10-15-53-22-26)8-9-32(47)39-11-4-6-24(3)16-28(46)18-27(38)19-34-41-30(21-51-34)36(49)45-13-5-7-31(45)37(50)52-35/h4,6,8-10,15-16,20-23,25,27-28,31,35,46H,5,7,11-14,17-19H2,1-3H3,(H,39,47)(H,40,48)/b6-4?,9-8+,24-16?/t25-,27+,28+,31+,35+/m0/s1. The number of hydrogen-bond acceptors (Lipinski definition) is 11. The third kappa shape index (κ3) is 11.3. The molecule has 2 aliphatic rings. The van der Waals surface area contributed by atoms with Gasteiger partial charge in [-0.1, -0.05) is 48.9 Å². The van der Waals surface area contributed by atoms with Crippen molar-refractivity contribution in [3.8, 4) is 11.3 Å². The summed E-state index contributed by atoms with van der Waals surface area (Å²) in [5.41, 5.74) is 2.29. The Hall–Kier alpha value is -4.96. The first-order chi connectivity index (χ1) is 25.5. The summed E-state index contributed by atoms with van der Waals surface area (Å²) in [5.74, 6) is -2.91. The van der Waals surface area contributed by atoms with E-state index in [1.165, 1.54) is 17.1 Å². The highest BCUT2D eigenvalue weighted by molar-refractivity contribution is 7.08. The first-order valence-electron chi connectivity index (χ1n) is 17.7. The number of alkyl halides is 1. The number of amides is 3. The van der Waals surface area contributed by atoms with Gasteiger partial charge in [-0.15, -0.1) is 5.10 Å². The zero-order valence-electron chi connectivity index (χ0n) is 30.0. The molecule has 5 rings (SSSR count). The summed E-state index contributed by atoms with van der Waals surface area (Å²) in [6.07, 6.45) is 7.65. The monoisotopic (exact) mass is 751 g/mol. The van der Waals surface area contributed by atoms with E-state index in [-0.39, 0.29) is 62.3 Å². The van der Waals surface area contributed by atoms with Crippen molar-refractivity contribution in [3.63, 3.8) is 0 Å². The van der Waals surface area contributed by atoms with E-state index in [1.54, 1.807) is 47.4 Å². The molecule has 3 aromatic rings. The Morgan fingerprint density at radius 2 is 2.06 bits per heavy atom. The molecule has 0 aromatic carbocycles. The largest absolute Gasteiger partial charge is 0.460 e. The van der Waals surface area contributed by atoms with Crippen molar-refractivity contribution in [2.45, 2.75) is 83.8 Å². The predicted molar refractivity (Wildman–Crippen MR) is 194 cm³/mol. The van der Waals surface area contributed by atoms with Gasteiger partial charge in [-0.2, -0.15) is 11.3 Å². The Kier molecular flexibility index (Phi) is 13.8. The zero-order valence-corrected chi connectivity index (χ0v) is 30.8. The maximum atomic E-state index is 14.8.